The lowest BCUT2D eigenvalue weighted by Gasteiger charge is -2.14. The molecule has 0 saturated carbocycles. The molecule has 5 heteroatoms. The van der Waals surface area contributed by atoms with Gasteiger partial charge in [0.1, 0.15) is 0 Å². The van der Waals surface area contributed by atoms with Gasteiger partial charge in [-0.3, -0.25) is 4.57 Å². The van der Waals surface area contributed by atoms with Gasteiger partial charge in [-0.1, -0.05) is 127 Å². The lowest BCUT2D eigenvalue weighted by molar-refractivity contribution is 1.07. The Morgan fingerprint density at radius 2 is 0.792 bits per heavy atom. The topological polar surface area (TPSA) is 40.6 Å². The summed E-state index contributed by atoms with van der Waals surface area (Å²) in [6, 6.07) is 66.9. The molecule has 3 heterocycles. The third-order valence-electron chi connectivity index (χ3n) is 10.5. The molecule has 0 fully saturated rings. The van der Waals surface area contributed by atoms with Gasteiger partial charge >= 0.3 is 0 Å². The Kier molecular flexibility index (Phi) is 6.48. The van der Waals surface area contributed by atoms with Crippen LogP contribution in [-0.2, 0) is 0 Å². The fourth-order valence-corrected chi connectivity index (χ4v) is 8.20. The van der Waals surface area contributed by atoms with Crippen LogP contribution in [0.2, 0.25) is 0 Å². The van der Waals surface area contributed by atoms with Gasteiger partial charge in [0.25, 0.3) is 0 Å². The summed E-state index contributed by atoms with van der Waals surface area (Å²) in [5, 5.41) is 16.8. The largest absolute Gasteiger partial charge is 0.309 e. The molecule has 5 nitrogen and oxygen atoms in total. The second kappa shape index (κ2) is 11.7. The lowest BCUT2D eigenvalue weighted by Crippen LogP contribution is -2.01. The molecule has 11 aromatic rings. The van der Waals surface area contributed by atoms with Crippen LogP contribution in [0.1, 0.15) is 0 Å². The minimum Gasteiger partial charge on any atom is -0.309 e. The maximum Gasteiger partial charge on any atom is 0.168 e. The minimum absolute atomic E-state index is 0.804. The van der Waals surface area contributed by atoms with Crippen LogP contribution in [0, 0.1) is 0 Å². The van der Waals surface area contributed by atoms with Crippen molar-refractivity contribution < 1.29 is 0 Å². The SMILES string of the molecule is c1ccc(-c2nnc(-c3ccccc3)n2-c2ccc(-n3c4ccccc4c4cc5ccc6c7ccccc7n(-c7ccccc7)c6c5cc43)cc2)cc1. The molecule has 0 N–H and O–H groups in total. The van der Waals surface area contributed by atoms with E-state index in [1.165, 1.54) is 54.4 Å². The van der Waals surface area contributed by atoms with E-state index < -0.39 is 0 Å². The molecule has 3 aromatic heterocycles. The normalized spacial score (nSPS) is 11.8. The number of hydrogen-bond acceptors (Lipinski definition) is 2. The quantitative estimate of drug-likeness (QED) is 0.182. The first-order valence-corrected chi connectivity index (χ1v) is 17.9. The fourth-order valence-electron chi connectivity index (χ4n) is 8.20. The van der Waals surface area contributed by atoms with E-state index in [4.69, 9.17) is 10.2 Å². The number of benzene rings is 8. The van der Waals surface area contributed by atoms with E-state index in [-0.39, 0.29) is 0 Å². The van der Waals surface area contributed by atoms with Gasteiger partial charge < -0.3 is 9.13 Å². The molecule has 0 spiro atoms. The third kappa shape index (κ3) is 4.51. The van der Waals surface area contributed by atoms with Gasteiger partial charge in [0, 0.05) is 55.1 Å². The van der Waals surface area contributed by atoms with Gasteiger partial charge in [-0.05, 0) is 66.0 Å². The summed E-state index contributed by atoms with van der Waals surface area (Å²) in [5.74, 6) is 1.61. The first-order valence-electron chi connectivity index (χ1n) is 17.9. The summed E-state index contributed by atoms with van der Waals surface area (Å²) < 4.78 is 6.99. The Balaban J connectivity index is 1.15. The molecular weight excluding hydrogens is 647 g/mol. The number of nitrogens with zero attached hydrogens (tertiary/aromatic N) is 5. The Morgan fingerprint density at radius 1 is 0.302 bits per heavy atom. The highest BCUT2D eigenvalue weighted by Gasteiger charge is 2.20. The van der Waals surface area contributed by atoms with Crippen LogP contribution >= 0.6 is 0 Å². The Hall–Kier alpha value is -7.24. The monoisotopic (exact) mass is 677 g/mol. The highest BCUT2D eigenvalue weighted by atomic mass is 15.3. The summed E-state index contributed by atoms with van der Waals surface area (Å²) in [4.78, 5) is 0. The Bertz CT molecular complexity index is 3080. The molecule has 0 atom stereocenters. The zero-order valence-corrected chi connectivity index (χ0v) is 28.6. The van der Waals surface area contributed by atoms with Crippen molar-refractivity contribution >= 4 is 54.4 Å². The number of hydrogen-bond donors (Lipinski definition) is 0. The molecule has 0 aliphatic rings. The number of aromatic nitrogens is 5. The molecule has 0 radical (unpaired) electrons. The van der Waals surface area contributed by atoms with Crippen molar-refractivity contribution in [2.45, 2.75) is 0 Å². The summed E-state index contributed by atoms with van der Waals surface area (Å²) >= 11 is 0. The summed E-state index contributed by atoms with van der Waals surface area (Å²) in [7, 11) is 0. The molecule has 0 saturated heterocycles. The molecule has 248 valence electrons. The molecule has 0 amide bonds. The number of fused-ring (bicyclic) bond motifs is 8. The molecule has 0 unspecified atom stereocenters. The highest BCUT2D eigenvalue weighted by molar-refractivity contribution is 6.22. The van der Waals surface area contributed by atoms with E-state index in [9.17, 15) is 0 Å². The van der Waals surface area contributed by atoms with Crippen LogP contribution in [0.25, 0.3) is 94.2 Å². The van der Waals surface area contributed by atoms with Crippen LogP contribution in [0.5, 0.6) is 0 Å². The smallest absolute Gasteiger partial charge is 0.168 e. The van der Waals surface area contributed by atoms with Crippen LogP contribution in [-0.4, -0.2) is 23.9 Å². The van der Waals surface area contributed by atoms with Crippen molar-refractivity contribution in [3.8, 4) is 39.8 Å². The lowest BCUT2D eigenvalue weighted by atomic mass is 10.0. The average molecular weight is 678 g/mol. The molecule has 0 aliphatic carbocycles. The predicted octanol–water partition coefficient (Wildman–Crippen LogP) is 11.9. The molecule has 53 heavy (non-hydrogen) atoms. The number of para-hydroxylation sites is 3. The van der Waals surface area contributed by atoms with Gasteiger partial charge in [0.05, 0.1) is 22.1 Å². The van der Waals surface area contributed by atoms with Crippen molar-refractivity contribution in [3.05, 3.63) is 188 Å². The summed E-state index contributed by atoms with van der Waals surface area (Å²) in [6.07, 6.45) is 0. The molecule has 11 rings (SSSR count). The van der Waals surface area contributed by atoms with Crippen molar-refractivity contribution in [3.63, 3.8) is 0 Å². The van der Waals surface area contributed by atoms with Gasteiger partial charge in [-0.15, -0.1) is 10.2 Å². The van der Waals surface area contributed by atoms with E-state index >= 15 is 0 Å². The standard InChI is InChI=1S/C48H31N5/c1-4-14-32(15-5-1)47-49-50-48(33-16-6-2-7-17-33)53(47)37-27-25-36(26-28-37)51-43-22-12-11-21-39(43)42-30-34-24-29-40-38-20-10-13-23-44(38)52(35-18-8-3-9-19-35)46(40)41(34)31-45(42)51/h1-31H. The zero-order valence-electron chi connectivity index (χ0n) is 28.6. The molecule has 8 aromatic carbocycles. The van der Waals surface area contributed by atoms with E-state index in [1.54, 1.807) is 0 Å². The van der Waals surface area contributed by atoms with Gasteiger partial charge in [0.15, 0.2) is 11.6 Å². The van der Waals surface area contributed by atoms with Crippen molar-refractivity contribution in [1.82, 2.24) is 23.9 Å². The van der Waals surface area contributed by atoms with Crippen LogP contribution in [0.3, 0.4) is 0 Å². The van der Waals surface area contributed by atoms with E-state index in [1.807, 2.05) is 36.4 Å². The minimum atomic E-state index is 0.804. The molecule has 0 bridgehead atoms. The van der Waals surface area contributed by atoms with Crippen molar-refractivity contribution in [2.24, 2.45) is 0 Å². The van der Waals surface area contributed by atoms with E-state index in [0.29, 0.717) is 0 Å². The second-order valence-electron chi connectivity index (χ2n) is 13.5. The van der Waals surface area contributed by atoms with Crippen molar-refractivity contribution in [1.29, 1.82) is 0 Å². The van der Waals surface area contributed by atoms with Crippen molar-refractivity contribution in [2.75, 3.05) is 0 Å². The Morgan fingerprint density at radius 3 is 1.42 bits per heavy atom. The maximum atomic E-state index is 4.70. The summed E-state index contributed by atoms with van der Waals surface area (Å²) in [6.45, 7) is 0. The van der Waals surface area contributed by atoms with E-state index in [0.717, 1.165) is 39.8 Å². The highest BCUT2D eigenvalue weighted by Crippen LogP contribution is 2.41. The first kappa shape index (κ1) is 29.5. The van der Waals surface area contributed by atoms with E-state index in [2.05, 4.69) is 165 Å². The first-order chi connectivity index (χ1) is 26.3. The predicted molar refractivity (Wildman–Crippen MR) is 218 cm³/mol. The molecule has 0 aliphatic heterocycles. The third-order valence-corrected chi connectivity index (χ3v) is 10.5. The number of rotatable bonds is 5. The molecular formula is C48H31N5. The van der Waals surface area contributed by atoms with Crippen LogP contribution < -0.4 is 0 Å². The van der Waals surface area contributed by atoms with Gasteiger partial charge in [0.2, 0.25) is 0 Å². The van der Waals surface area contributed by atoms with Crippen LogP contribution in [0.4, 0.5) is 0 Å². The zero-order chi connectivity index (χ0) is 34.9. The average Bonchev–Trinajstić information content (AvgIpc) is 3.92. The van der Waals surface area contributed by atoms with Crippen LogP contribution in [0.15, 0.2) is 188 Å². The van der Waals surface area contributed by atoms with Gasteiger partial charge in [-0.25, -0.2) is 0 Å². The Labute approximate surface area is 305 Å². The maximum absolute atomic E-state index is 4.70. The summed E-state index contributed by atoms with van der Waals surface area (Å²) in [5.41, 5.74) is 10.0. The fraction of sp³-hybridized carbons (Fsp3) is 0. The van der Waals surface area contributed by atoms with Gasteiger partial charge in [-0.2, -0.15) is 0 Å². The second-order valence-corrected chi connectivity index (χ2v) is 13.5.